The molecule has 7 nitrogen and oxygen atoms in total. The van der Waals surface area contributed by atoms with E-state index in [2.05, 4.69) is 11.1 Å². The molecule has 2 aliphatic rings. The van der Waals surface area contributed by atoms with Crippen LogP contribution >= 0.6 is 0 Å². The first-order chi connectivity index (χ1) is 18.4. The summed E-state index contributed by atoms with van der Waals surface area (Å²) < 4.78 is 48.6. The van der Waals surface area contributed by atoms with E-state index in [9.17, 15) is 28.0 Å². The molecule has 1 atom stereocenters. The molecule has 0 spiro atoms. The van der Waals surface area contributed by atoms with Gasteiger partial charge in [0.2, 0.25) is 0 Å². The van der Waals surface area contributed by atoms with Crippen LogP contribution in [0.1, 0.15) is 61.1 Å². The molecule has 1 fully saturated rings. The molecule has 202 valence electrons. The maximum Gasteiger partial charge on any atom is 0.413 e. The molecule has 0 radical (unpaired) electrons. The maximum atomic E-state index is 14.4. The zero-order valence-electron chi connectivity index (χ0n) is 21.7. The van der Waals surface area contributed by atoms with Gasteiger partial charge in [0.15, 0.2) is 6.04 Å². The number of hydrogen-bond acceptors (Lipinski definition) is 5. The lowest BCUT2D eigenvalue weighted by Crippen LogP contribution is -2.50. The van der Waals surface area contributed by atoms with Gasteiger partial charge in [0.1, 0.15) is 11.7 Å². The van der Waals surface area contributed by atoms with Gasteiger partial charge in [-0.15, -0.1) is 0 Å². The highest BCUT2D eigenvalue weighted by Gasteiger charge is 2.54. The second kappa shape index (κ2) is 9.56. The molecule has 5 rings (SSSR count). The number of aromatic nitrogens is 1. The van der Waals surface area contributed by atoms with Crippen LogP contribution in [0, 0.1) is 11.3 Å². The van der Waals surface area contributed by atoms with Crippen molar-refractivity contribution in [2.75, 3.05) is 13.1 Å². The number of carbonyl (C=O) groups excluding carboxylic acids is 2. The van der Waals surface area contributed by atoms with Crippen LogP contribution in [0.25, 0.3) is 22.0 Å². The van der Waals surface area contributed by atoms with Crippen molar-refractivity contribution in [2.45, 2.75) is 57.5 Å². The molecule has 1 aromatic heterocycles. The second-order valence-corrected chi connectivity index (χ2v) is 10.8. The number of rotatable bonds is 2. The van der Waals surface area contributed by atoms with Crippen LogP contribution in [0.4, 0.5) is 18.0 Å². The molecule has 1 unspecified atom stereocenters. The number of likely N-dealkylation sites (tertiary alicyclic amines) is 1. The van der Waals surface area contributed by atoms with Crippen LogP contribution in [0.3, 0.4) is 0 Å². The topological polar surface area (TPSA) is 86.5 Å². The Hall–Kier alpha value is -4.13. The fourth-order valence-electron chi connectivity index (χ4n) is 5.43. The van der Waals surface area contributed by atoms with Crippen LogP contribution in [0.2, 0.25) is 0 Å². The van der Waals surface area contributed by atoms with Crippen molar-refractivity contribution >= 4 is 22.9 Å². The van der Waals surface area contributed by atoms with Crippen LogP contribution in [-0.4, -0.2) is 57.7 Å². The summed E-state index contributed by atoms with van der Waals surface area (Å²) in [7, 11) is 0. The lowest BCUT2D eigenvalue weighted by molar-refractivity contribution is -0.182. The third-order valence-corrected chi connectivity index (χ3v) is 7.11. The number of benzene rings is 2. The molecule has 1 saturated heterocycles. The standard InChI is InChI=1S/C29H27F3N4O3/c1-28(2,3)39-27(38)35-13-10-19(11-14-35)36-25(29(30,31)32)22-9-6-17(15-23(22)26(36)37)20-8-7-18(16-33)24-21(20)5-4-12-34-24/h4-9,12,15,19,25H,10-11,13-14H2,1-3H3. The monoisotopic (exact) mass is 536 g/mol. The lowest BCUT2D eigenvalue weighted by atomic mass is 9.94. The van der Waals surface area contributed by atoms with E-state index in [4.69, 9.17) is 4.74 Å². The van der Waals surface area contributed by atoms with Crippen molar-refractivity contribution in [1.29, 1.82) is 5.26 Å². The number of fused-ring (bicyclic) bond motifs is 2. The Morgan fingerprint density at radius 1 is 1.08 bits per heavy atom. The van der Waals surface area contributed by atoms with Crippen LogP contribution in [-0.2, 0) is 4.74 Å². The van der Waals surface area contributed by atoms with Gasteiger partial charge in [-0.1, -0.05) is 24.3 Å². The van der Waals surface area contributed by atoms with Crippen molar-refractivity contribution in [3.63, 3.8) is 0 Å². The summed E-state index contributed by atoms with van der Waals surface area (Å²) in [4.78, 5) is 32.7. The second-order valence-electron chi connectivity index (χ2n) is 10.8. The number of ether oxygens (including phenoxy) is 1. The fourth-order valence-corrected chi connectivity index (χ4v) is 5.43. The number of halogens is 3. The highest BCUT2D eigenvalue weighted by atomic mass is 19.4. The van der Waals surface area contributed by atoms with E-state index in [1.807, 2.05) is 0 Å². The summed E-state index contributed by atoms with van der Waals surface area (Å²) in [5.74, 6) is -0.680. The quantitative estimate of drug-likeness (QED) is 0.388. The predicted octanol–water partition coefficient (Wildman–Crippen LogP) is 6.23. The number of nitrogens with zero attached hydrogens (tertiary/aromatic N) is 4. The van der Waals surface area contributed by atoms with E-state index < -0.39 is 35.9 Å². The zero-order chi connectivity index (χ0) is 28.1. The number of pyridine rings is 1. The number of piperidine rings is 1. The number of hydrogen-bond donors (Lipinski definition) is 0. The van der Waals surface area contributed by atoms with Gasteiger partial charge in [-0.2, -0.15) is 18.4 Å². The van der Waals surface area contributed by atoms with E-state index in [0.29, 0.717) is 27.6 Å². The molecule has 0 N–H and O–H groups in total. The Morgan fingerprint density at radius 2 is 1.79 bits per heavy atom. The zero-order valence-corrected chi connectivity index (χ0v) is 21.7. The smallest absolute Gasteiger partial charge is 0.413 e. The van der Waals surface area contributed by atoms with Crippen molar-refractivity contribution in [3.8, 4) is 17.2 Å². The third kappa shape index (κ3) is 4.89. The molecule has 2 aliphatic heterocycles. The summed E-state index contributed by atoms with van der Waals surface area (Å²) >= 11 is 0. The van der Waals surface area contributed by atoms with Crippen LogP contribution in [0.5, 0.6) is 0 Å². The number of amides is 2. The Bertz CT molecular complexity index is 1500. The van der Waals surface area contributed by atoms with E-state index in [0.717, 1.165) is 4.90 Å². The van der Waals surface area contributed by atoms with Gasteiger partial charge in [-0.05, 0) is 68.5 Å². The average Bonchev–Trinajstić information content (AvgIpc) is 3.19. The van der Waals surface area contributed by atoms with Crippen LogP contribution in [0.15, 0.2) is 48.7 Å². The van der Waals surface area contributed by atoms with Gasteiger partial charge in [-0.3, -0.25) is 9.78 Å². The number of alkyl halides is 3. The van der Waals surface area contributed by atoms with Gasteiger partial charge in [-0.25, -0.2) is 4.79 Å². The van der Waals surface area contributed by atoms with Gasteiger partial charge >= 0.3 is 12.3 Å². The van der Waals surface area contributed by atoms with Crippen molar-refractivity contribution in [3.05, 3.63) is 65.4 Å². The molecule has 39 heavy (non-hydrogen) atoms. The molecule has 0 bridgehead atoms. The molecule has 2 amide bonds. The van der Waals surface area contributed by atoms with Crippen molar-refractivity contribution < 1.29 is 27.5 Å². The normalized spacial score (nSPS) is 18.3. The van der Waals surface area contributed by atoms with Gasteiger partial charge in [0, 0.05) is 36.3 Å². The minimum Gasteiger partial charge on any atom is -0.444 e. The summed E-state index contributed by atoms with van der Waals surface area (Å²) in [6.45, 7) is 5.63. The molecule has 10 heteroatoms. The number of carbonyl (C=O) groups is 2. The third-order valence-electron chi connectivity index (χ3n) is 7.11. The minimum atomic E-state index is -4.67. The summed E-state index contributed by atoms with van der Waals surface area (Å²) in [5, 5.41) is 10.1. The Kier molecular flexibility index (Phi) is 6.49. The Labute approximate surface area is 223 Å². The molecule has 0 saturated carbocycles. The summed E-state index contributed by atoms with van der Waals surface area (Å²) in [5.41, 5.74) is 1.33. The predicted molar refractivity (Wildman–Crippen MR) is 138 cm³/mol. The Morgan fingerprint density at radius 3 is 2.44 bits per heavy atom. The molecule has 0 aliphatic carbocycles. The first-order valence-corrected chi connectivity index (χ1v) is 12.7. The largest absolute Gasteiger partial charge is 0.444 e. The van der Waals surface area contributed by atoms with Crippen molar-refractivity contribution in [2.24, 2.45) is 0 Å². The maximum absolute atomic E-state index is 14.4. The van der Waals surface area contributed by atoms with E-state index in [1.165, 1.54) is 17.0 Å². The minimum absolute atomic E-state index is 0.00537. The highest BCUT2D eigenvalue weighted by Crippen LogP contribution is 2.48. The fraction of sp³-hybridized carbons (Fsp3) is 0.379. The average molecular weight is 537 g/mol. The SMILES string of the molecule is CC(C)(C)OC(=O)N1CCC(N2C(=O)c3cc(-c4ccc(C#N)c5ncccc45)ccc3C2C(F)(F)F)CC1. The van der Waals surface area contributed by atoms with Gasteiger partial charge in [0.05, 0.1) is 11.1 Å². The number of nitriles is 1. The Balaban J connectivity index is 1.47. The molecule has 3 aromatic rings. The summed E-state index contributed by atoms with van der Waals surface area (Å²) in [6, 6.07) is 10.6. The molecular weight excluding hydrogens is 509 g/mol. The van der Waals surface area contributed by atoms with Gasteiger partial charge < -0.3 is 14.5 Å². The highest BCUT2D eigenvalue weighted by molar-refractivity contribution is 6.03. The molecular formula is C29H27F3N4O3. The molecule has 3 heterocycles. The summed E-state index contributed by atoms with van der Waals surface area (Å²) in [6.07, 6.45) is -3.19. The molecule has 2 aromatic carbocycles. The first kappa shape index (κ1) is 26.5. The van der Waals surface area contributed by atoms with E-state index in [-0.39, 0.29) is 37.1 Å². The first-order valence-electron chi connectivity index (χ1n) is 12.7. The van der Waals surface area contributed by atoms with E-state index >= 15 is 0 Å². The van der Waals surface area contributed by atoms with Crippen molar-refractivity contribution in [1.82, 2.24) is 14.8 Å². The lowest BCUT2D eigenvalue weighted by Gasteiger charge is -2.40. The van der Waals surface area contributed by atoms with Gasteiger partial charge in [0.25, 0.3) is 5.91 Å². The van der Waals surface area contributed by atoms with Crippen LogP contribution < -0.4 is 0 Å². The van der Waals surface area contributed by atoms with E-state index in [1.54, 1.807) is 57.3 Å².